The molecule has 2 heteroatoms. The predicted octanol–water partition coefficient (Wildman–Crippen LogP) is 14.1. The van der Waals surface area contributed by atoms with Gasteiger partial charge in [-0.15, -0.1) is 0 Å². The van der Waals surface area contributed by atoms with Crippen molar-refractivity contribution < 1.29 is 4.74 Å². The molecular weight excluding hydrogens is 667 g/mol. The maximum Gasteiger partial charge on any atom is 0.132 e. The molecule has 9 aromatic rings. The molecule has 10 rings (SSSR count). The van der Waals surface area contributed by atoms with E-state index >= 15 is 0 Å². The minimum Gasteiger partial charge on any atom is -0.457 e. The van der Waals surface area contributed by atoms with Crippen LogP contribution in [0.25, 0.3) is 33.0 Å². The van der Waals surface area contributed by atoms with E-state index in [1.54, 1.807) is 0 Å². The molecule has 1 heterocycles. The van der Waals surface area contributed by atoms with Crippen molar-refractivity contribution in [2.45, 2.75) is 5.41 Å². The summed E-state index contributed by atoms with van der Waals surface area (Å²) in [6.07, 6.45) is 0. The van der Waals surface area contributed by atoms with Gasteiger partial charge < -0.3 is 9.64 Å². The van der Waals surface area contributed by atoms with Crippen LogP contribution >= 0.6 is 0 Å². The first-order chi connectivity index (χ1) is 27.3. The first-order valence-corrected chi connectivity index (χ1v) is 18.8. The molecule has 55 heavy (non-hydrogen) atoms. The van der Waals surface area contributed by atoms with Gasteiger partial charge in [0.05, 0.1) is 11.1 Å². The molecule has 0 N–H and O–H groups in total. The highest BCUT2D eigenvalue weighted by atomic mass is 16.5. The van der Waals surface area contributed by atoms with Crippen molar-refractivity contribution >= 4 is 27.8 Å². The van der Waals surface area contributed by atoms with Gasteiger partial charge in [0, 0.05) is 27.9 Å². The van der Waals surface area contributed by atoms with Crippen molar-refractivity contribution in [2.75, 3.05) is 4.90 Å². The predicted molar refractivity (Wildman–Crippen MR) is 228 cm³/mol. The van der Waals surface area contributed by atoms with E-state index in [4.69, 9.17) is 4.74 Å². The first kappa shape index (κ1) is 32.5. The average molecular weight is 704 g/mol. The van der Waals surface area contributed by atoms with Crippen LogP contribution in [0.3, 0.4) is 0 Å². The Morgan fingerprint density at radius 3 is 1.51 bits per heavy atom. The Labute approximate surface area is 322 Å². The minimum atomic E-state index is -0.570. The maximum absolute atomic E-state index is 6.68. The van der Waals surface area contributed by atoms with Crippen molar-refractivity contribution in [3.8, 4) is 33.8 Å². The summed E-state index contributed by atoms with van der Waals surface area (Å²) in [6.45, 7) is 0. The SMILES string of the molecule is c1ccc(-c2ccc(N(c3ccc(-c4ccc5c(c4)C(c4ccccc4)(c4ccccc4)c4ccccc4O5)cc3)c3cccc4ccccc34)cc2)cc1. The summed E-state index contributed by atoms with van der Waals surface area (Å²) in [7, 11) is 0. The summed E-state index contributed by atoms with van der Waals surface area (Å²) < 4.78 is 6.68. The molecule has 0 radical (unpaired) electrons. The van der Waals surface area contributed by atoms with E-state index in [-0.39, 0.29) is 0 Å². The lowest BCUT2D eigenvalue weighted by Gasteiger charge is -2.41. The molecular formula is C53H37NO. The van der Waals surface area contributed by atoms with Crippen LogP contribution in [0.1, 0.15) is 22.3 Å². The molecule has 0 fully saturated rings. The first-order valence-electron chi connectivity index (χ1n) is 18.8. The molecule has 9 aromatic carbocycles. The molecule has 0 aliphatic carbocycles. The Morgan fingerprint density at radius 2 is 0.836 bits per heavy atom. The standard InChI is InChI=1S/C53H37NO/c1-4-15-38(16-5-1)39-27-32-45(33-28-39)54(50-25-14-18-41-17-10-11-23-47(41)50)46-34-29-40(30-35-46)42-31-36-52-49(37-42)53(43-19-6-2-7-20-43,44-21-8-3-9-22-44)48-24-12-13-26-51(48)55-52/h1-37H. The molecule has 0 bridgehead atoms. The fourth-order valence-electron chi connectivity index (χ4n) is 8.45. The van der Waals surface area contributed by atoms with Gasteiger partial charge in [0.2, 0.25) is 0 Å². The van der Waals surface area contributed by atoms with Crippen LogP contribution in [0.5, 0.6) is 11.5 Å². The summed E-state index contributed by atoms with van der Waals surface area (Å²) in [5.41, 5.74) is 12.1. The van der Waals surface area contributed by atoms with Gasteiger partial charge >= 0.3 is 0 Å². The van der Waals surface area contributed by atoms with Crippen molar-refractivity contribution in [3.05, 3.63) is 247 Å². The lowest BCUT2D eigenvalue weighted by Crippen LogP contribution is -2.34. The largest absolute Gasteiger partial charge is 0.457 e. The fourth-order valence-corrected chi connectivity index (χ4v) is 8.45. The van der Waals surface area contributed by atoms with Gasteiger partial charge in [0.15, 0.2) is 0 Å². The fraction of sp³-hybridized carbons (Fsp3) is 0.0189. The molecule has 260 valence electrons. The number of rotatable bonds is 7. The van der Waals surface area contributed by atoms with Crippen LogP contribution in [0.2, 0.25) is 0 Å². The average Bonchev–Trinajstić information content (AvgIpc) is 3.27. The van der Waals surface area contributed by atoms with Crippen LogP contribution in [-0.2, 0) is 5.41 Å². The Bertz CT molecular complexity index is 2710. The summed E-state index contributed by atoms with van der Waals surface area (Å²) in [4.78, 5) is 2.37. The Kier molecular flexibility index (Phi) is 8.08. The molecule has 0 atom stereocenters. The van der Waals surface area contributed by atoms with Gasteiger partial charge in [-0.05, 0) is 87.3 Å². The third-order valence-electron chi connectivity index (χ3n) is 11.0. The van der Waals surface area contributed by atoms with E-state index < -0.39 is 5.41 Å². The van der Waals surface area contributed by atoms with Gasteiger partial charge in [-0.25, -0.2) is 0 Å². The topological polar surface area (TPSA) is 12.5 Å². The second-order valence-electron chi connectivity index (χ2n) is 14.1. The Balaban J connectivity index is 1.10. The van der Waals surface area contributed by atoms with E-state index in [0.29, 0.717) is 0 Å². The summed E-state index contributed by atoms with van der Waals surface area (Å²) >= 11 is 0. The Hall–Kier alpha value is -7.16. The van der Waals surface area contributed by atoms with Crippen molar-refractivity contribution in [3.63, 3.8) is 0 Å². The number of ether oxygens (including phenoxy) is 1. The molecule has 0 saturated carbocycles. The molecule has 1 aliphatic rings. The van der Waals surface area contributed by atoms with E-state index in [9.17, 15) is 0 Å². The van der Waals surface area contributed by atoms with Gasteiger partial charge in [-0.3, -0.25) is 0 Å². The maximum atomic E-state index is 6.68. The molecule has 0 amide bonds. The third kappa shape index (κ3) is 5.59. The van der Waals surface area contributed by atoms with Crippen LogP contribution in [0, 0.1) is 0 Å². The van der Waals surface area contributed by atoms with E-state index in [0.717, 1.165) is 50.8 Å². The molecule has 0 spiro atoms. The second kappa shape index (κ2) is 13.7. The second-order valence-corrected chi connectivity index (χ2v) is 14.1. The van der Waals surface area contributed by atoms with Gasteiger partial charge in [0.1, 0.15) is 11.5 Å². The quantitative estimate of drug-likeness (QED) is 0.164. The number of para-hydroxylation sites is 1. The number of benzene rings is 9. The van der Waals surface area contributed by atoms with Crippen molar-refractivity contribution in [1.82, 2.24) is 0 Å². The molecule has 0 aromatic heterocycles. The number of hydrogen-bond donors (Lipinski definition) is 0. The zero-order valence-corrected chi connectivity index (χ0v) is 30.2. The summed E-state index contributed by atoms with van der Waals surface area (Å²) in [5.74, 6) is 1.75. The monoisotopic (exact) mass is 703 g/mol. The zero-order chi connectivity index (χ0) is 36.6. The van der Waals surface area contributed by atoms with Gasteiger partial charge in [0.25, 0.3) is 0 Å². The van der Waals surface area contributed by atoms with Crippen LogP contribution < -0.4 is 9.64 Å². The number of anilines is 3. The zero-order valence-electron chi connectivity index (χ0n) is 30.2. The highest BCUT2D eigenvalue weighted by Gasteiger charge is 2.45. The lowest BCUT2D eigenvalue weighted by atomic mass is 9.63. The van der Waals surface area contributed by atoms with Crippen LogP contribution in [0.15, 0.2) is 224 Å². The Morgan fingerprint density at radius 1 is 0.345 bits per heavy atom. The smallest absolute Gasteiger partial charge is 0.132 e. The molecule has 1 aliphatic heterocycles. The molecule has 0 saturated heterocycles. The van der Waals surface area contributed by atoms with Crippen LogP contribution in [-0.4, -0.2) is 0 Å². The normalized spacial score (nSPS) is 12.7. The lowest BCUT2D eigenvalue weighted by molar-refractivity contribution is 0.434. The van der Waals surface area contributed by atoms with E-state index in [1.807, 2.05) is 0 Å². The summed E-state index contributed by atoms with van der Waals surface area (Å²) in [6, 6.07) is 80.4. The summed E-state index contributed by atoms with van der Waals surface area (Å²) in [5, 5.41) is 2.41. The van der Waals surface area contributed by atoms with Gasteiger partial charge in [-0.1, -0.05) is 176 Å². The van der Waals surface area contributed by atoms with Crippen molar-refractivity contribution in [2.24, 2.45) is 0 Å². The van der Waals surface area contributed by atoms with Gasteiger partial charge in [-0.2, -0.15) is 0 Å². The molecule has 0 unspecified atom stereocenters. The highest BCUT2D eigenvalue weighted by Crippen LogP contribution is 2.56. The van der Waals surface area contributed by atoms with E-state index in [2.05, 4.69) is 229 Å². The number of nitrogens with zero attached hydrogens (tertiary/aromatic N) is 1. The van der Waals surface area contributed by atoms with E-state index in [1.165, 1.54) is 33.0 Å². The third-order valence-corrected chi connectivity index (χ3v) is 11.0. The van der Waals surface area contributed by atoms with Crippen LogP contribution in [0.4, 0.5) is 17.1 Å². The highest BCUT2D eigenvalue weighted by molar-refractivity contribution is 5.99. The number of hydrogen-bond acceptors (Lipinski definition) is 2. The van der Waals surface area contributed by atoms with Crippen molar-refractivity contribution in [1.29, 1.82) is 0 Å². The minimum absolute atomic E-state index is 0.570. The molecule has 2 nitrogen and oxygen atoms in total. The number of fused-ring (bicyclic) bond motifs is 3.